The molecule has 0 saturated heterocycles. The van der Waals surface area contributed by atoms with Crippen molar-refractivity contribution >= 4 is 5.69 Å². The van der Waals surface area contributed by atoms with Gasteiger partial charge in [0.25, 0.3) is 0 Å². The molecule has 0 fully saturated rings. The molecule has 1 aromatic rings. The van der Waals surface area contributed by atoms with E-state index in [0.717, 1.165) is 12.1 Å². The van der Waals surface area contributed by atoms with Crippen LogP contribution in [-0.2, 0) is 0 Å². The summed E-state index contributed by atoms with van der Waals surface area (Å²) in [5, 5.41) is 22.6. The number of azide groups is 1. The van der Waals surface area contributed by atoms with E-state index in [2.05, 4.69) is 10.0 Å². The fraction of sp³-hybridized carbons (Fsp3) is 0.250. The number of nitro benzene ring substituents is 1. The number of nitro groups is 1. The predicted molar refractivity (Wildman–Crippen MR) is 52.0 cm³/mol. The molecule has 0 aliphatic heterocycles. The first-order chi connectivity index (χ1) is 7.60. The van der Waals surface area contributed by atoms with Gasteiger partial charge >= 0.3 is 5.69 Å². The fourth-order valence-corrected chi connectivity index (χ4v) is 1.15. The summed E-state index contributed by atoms with van der Waals surface area (Å²) < 4.78 is 13.0. The van der Waals surface area contributed by atoms with E-state index in [1.54, 1.807) is 0 Å². The molecule has 84 valence electrons. The average molecular weight is 226 g/mol. The van der Waals surface area contributed by atoms with Crippen molar-refractivity contribution in [2.45, 2.75) is 6.04 Å². The highest BCUT2D eigenvalue weighted by Crippen LogP contribution is 2.24. The normalized spacial score (nSPS) is 11.6. The standard InChI is InChI=1S/C8H7FN4O3/c9-6-2-1-5(3-8(6)13(15)16)7(4-14)11-12-10/h1-3,7,14H,4H2. The lowest BCUT2D eigenvalue weighted by atomic mass is 10.1. The third kappa shape index (κ3) is 2.44. The second kappa shape index (κ2) is 5.06. The third-order valence-electron chi connectivity index (χ3n) is 1.92. The summed E-state index contributed by atoms with van der Waals surface area (Å²) in [5.74, 6) is -0.980. The SMILES string of the molecule is [N-]=[N+]=NC(CO)c1ccc(F)c([N+](=O)[O-])c1. The summed E-state index contributed by atoms with van der Waals surface area (Å²) in [7, 11) is 0. The van der Waals surface area contributed by atoms with Crippen molar-refractivity contribution in [1.29, 1.82) is 0 Å². The lowest BCUT2D eigenvalue weighted by Gasteiger charge is -2.07. The molecule has 0 heterocycles. The monoisotopic (exact) mass is 226 g/mol. The molecule has 0 amide bonds. The van der Waals surface area contributed by atoms with Gasteiger partial charge in [0.2, 0.25) is 5.82 Å². The number of aliphatic hydroxyl groups excluding tert-OH is 1. The van der Waals surface area contributed by atoms with E-state index < -0.39 is 29.1 Å². The Balaban J connectivity index is 3.20. The van der Waals surface area contributed by atoms with Gasteiger partial charge in [0.05, 0.1) is 17.6 Å². The smallest absolute Gasteiger partial charge is 0.305 e. The van der Waals surface area contributed by atoms with Gasteiger partial charge in [0, 0.05) is 11.0 Å². The largest absolute Gasteiger partial charge is 0.396 e. The van der Waals surface area contributed by atoms with Crippen LogP contribution in [0.3, 0.4) is 0 Å². The second-order valence-electron chi connectivity index (χ2n) is 2.87. The molecule has 1 rings (SSSR count). The van der Waals surface area contributed by atoms with Gasteiger partial charge in [-0.2, -0.15) is 4.39 Å². The van der Waals surface area contributed by atoms with Crippen molar-refractivity contribution in [1.82, 2.24) is 0 Å². The van der Waals surface area contributed by atoms with E-state index in [9.17, 15) is 14.5 Å². The van der Waals surface area contributed by atoms with Gasteiger partial charge in [-0.05, 0) is 17.2 Å². The zero-order valence-electron chi connectivity index (χ0n) is 7.95. The minimum Gasteiger partial charge on any atom is -0.396 e. The molecule has 0 bridgehead atoms. The number of halogens is 1. The Labute approximate surface area is 88.9 Å². The molecule has 1 unspecified atom stereocenters. The van der Waals surface area contributed by atoms with Crippen LogP contribution in [0.15, 0.2) is 23.3 Å². The maximum absolute atomic E-state index is 13.0. The number of benzene rings is 1. The molecule has 7 nitrogen and oxygen atoms in total. The van der Waals surface area contributed by atoms with Crippen LogP contribution in [0.5, 0.6) is 0 Å². The molecule has 1 atom stereocenters. The highest BCUT2D eigenvalue weighted by atomic mass is 19.1. The maximum Gasteiger partial charge on any atom is 0.305 e. The van der Waals surface area contributed by atoms with E-state index in [1.165, 1.54) is 6.07 Å². The molecule has 0 aliphatic rings. The molecule has 0 saturated carbocycles. The van der Waals surface area contributed by atoms with Gasteiger partial charge in [-0.1, -0.05) is 11.2 Å². The summed E-state index contributed by atoms with van der Waals surface area (Å²) in [6.07, 6.45) is 0. The van der Waals surface area contributed by atoms with Crippen molar-refractivity contribution < 1.29 is 14.4 Å². The molecule has 0 aliphatic carbocycles. The number of hydrogen-bond donors (Lipinski definition) is 1. The van der Waals surface area contributed by atoms with Crippen molar-refractivity contribution in [3.05, 3.63) is 50.1 Å². The van der Waals surface area contributed by atoms with Crippen LogP contribution in [0.1, 0.15) is 11.6 Å². The Morgan fingerprint density at radius 2 is 2.38 bits per heavy atom. The first kappa shape index (κ1) is 11.9. The van der Waals surface area contributed by atoms with Crippen molar-refractivity contribution in [3.63, 3.8) is 0 Å². The zero-order valence-corrected chi connectivity index (χ0v) is 7.95. The Morgan fingerprint density at radius 1 is 1.69 bits per heavy atom. The van der Waals surface area contributed by atoms with E-state index in [4.69, 9.17) is 10.6 Å². The van der Waals surface area contributed by atoms with Crippen molar-refractivity contribution in [3.8, 4) is 0 Å². The first-order valence-electron chi connectivity index (χ1n) is 4.19. The number of aliphatic hydroxyl groups is 1. The first-order valence-corrected chi connectivity index (χ1v) is 4.19. The quantitative estimate of drug-likeness (QED) is 0.278. The number of rotatable bonds is 4. The van der Waals surface area contributed by atoms with Crippen molar-refractivity contribution in [2.75, 3.05) is 6.61 Å². The van der Waals surface area contributed by atoms with E-state index >= 15 is 0 Å². The van der Waals surface area contributed by atoms with E-state index in [0.29, 0.717) is 0 Å². The van der Waals surface area contributed by atoms with Gasteiger partial charge in [0.15, 0.2) is 0 Å². The number of hydrogen-bond acceptors (Lipinski definition) is 4. The molecule has 1 N–H and O–H groups in total. The molecular formula is C8H7FN4O3. The summed E-state index contributed by atoms with van der Waals surface area (Å²) >= 11 is 0. The molecule has 0 radical (unpaired) electrons. The molecule has 0 spiro atoms. The van der Waals surface area contributed by atoms with Crippen LogP contribution in [-0.4, -0.2) is 16.6 Å². The molecule has 1 aromatic carbocycles. The summed E-state index contributed by atoms with van der Waals surface area (Å²) in [5.41, 5.74) is 7.67. The Morgan fingerprint density at radius 3 is 2.88 bits per heavy atom. The minimum atomic E-state index is -0.980. The van der Waals surface area contributed by atoms with Crippen LogP contribution in [0.25, 0.3) is 10.4 Å². The van der Waals surface area contributed by atoms with E-state index in [1.807, 2.05) is 0 Å². The molecule has 0 aromatic heterocycles. The third-order valence-corrected chi connectivity index (χ3v) is 1.92. The lowest BCUT2D eigenvalue weighted by molar-refractivity contribution is -0.387. The Kier molecular flexibility index (Phi) is 3.76. The van der Waals surface area contributed by atoms with Crippen LogP contribution in [0.2, 0.25) is 0 Å². The van der Waals surface area contributed by atoms with Gasteiger partial charge in [0.1, 0.15) is 0 Å². The summed E-state index contributed by atoms with van der Waals surface area (Å²) in [6, 6.07) is 2.09. The zero-order chi connectivity index (χ0) is 12.1. The van der Waals surface area contributed by atoms with Crippen LogP contribution in [0, 0.1) is 15.9 Å². The lowest BCUT2D eigenvalue weighted by Crippen LogP contribution is -2.02. The number of nitrogens with zero attached hydrogens (tertiary/aromatic N) is 4. The molecule has 16 heavy (non-hydrogen) atoms. The Hall–Kier alpha value is -2.18. The van der Waals surface area contributed by atoms with Crippen LogP contribution < -0.4 is 0 Å². The molecular weight excluding hydrogens is 219 g/mol. The second-order valence-corrected chi connectivity index (χ2v) is 2.87. The highest BCUT2D eigenvalue weighted by Gasteiger charge is 2.17. The van der Waals surface area contributed by atoms with Gasteiger partial charge in [-0.15, -0.1) is 0 Å². The van der Waals surface area contributed by atoms with E-state index in [-0.39, 0.29) is 5.56 Å². The average Bonchev–Trinajstić information content (AvgIpc) is 2.26. The summed E-state index contributed by atoms with van der Waals surface area (Å²) in [6.45, 7) is -0.507. The topological polar surface area (TPSA) is 112 Å². The fourth-order valence-electron chi connectivity index (χ4n) is 1.15. The highest BCUT2D eigenvalue weighted by molar-refractivity contribution is 5.37. The molecule has 8 heteroatoms. The maximum atomic E-state index is 13.0. The Bertz CT molecular complexity index is 459. The van der Waals surface area contributed by atoms with Gasteiger partial charge in [-0.3, -0.25) is 10.1 Å². The summed E-state index contributed by atoms with van der Waals surface area (Å²) in [4.78, 5) is 12.0. The predicted octanol–water partition coefficient (Wildman–Crippen LogP) is 2.08. The van der Waals surface area contributed by atoms with Gasteiger partial charge in [-0.25, -0.2) is 0 Å². The van der Waals surface area contributed by atoms with Crippen molar-refractivity contribution in [2.24, 2.45) is 5.11 Å². The minimum absolute atomic E-state index is 0.188. The van der Waals surface area contributed by atoms with Crippen LogP contribution >= 0.6 is 0 Å². The van der Waals surface area contributed by atoms with Crippen LogP contribution in [0.4, 0.5) is 10.1 Å². The van der Waals surface area contributed by atoms with Gasteiger partial charge < -0.3 is 5.11 Å².